The van der Waals surface area contributed by atoms with Crippen LogP contribution in [-0.4, -0.2) is 49.1 Å². The lowest BCUT2D eigenvalue weighted by molar-refractivity contribution is -0.117. The zero-order valence-corrected chi connectivity index (χ0v) is 21.9. The van der Waals surface area contributed by atoms with Crippen molar-refractivity contribution in [2.45, 2.75) is 19.3 Å². The van der Waals surface area contributed by atoms with E-state index >= 15 is 0 Å². The number of thiophene rings is 1. The SMILES string of the molecule is O=C(CC1CCNCC1)Nc1cncc(-c2ccc3[nH]nc(-c4cc5c(-c6cccs6)cncc5[nH]4)c3n2)c1. The van der Waals surface area contributed by atoms with Crippen LogP contribution in [0.25, 0.3) is 55.0 Å². The minimum Gasteiger partial charge on any atom is -0.352 e. The maximum Gasteiger partial charge on any atom is 0.224 e. The van der Waals surface area contributed by atoms with Crippen molar-refractivity contribution in [1.82, 2.24) is 35.5 Å². The minimum absolute atomic E-state index is 0.0246. The van der Waals surface area contributed by atoms with Crippen LogP contribution < -0.4 is 10.6 Å². The van der Waals surface area contributed by atoms with Crippen LogP contribution in [0.1, 0.15) is 19.3 Å². The fourth-order valence-corrected chi connectivity index (χ4v) is 6.01. The molecule has 6 aromatic heterocycles. The molecule has 9 nitrogen and oxygen atoms in total. The maximum atomic E-state index is 12.6. The van der Waals surface area contributed by atoms with Gasteiger partial charge in [-0.05, 0) is 67.6 Å². The van der Waals surface area contributed by atoms with Crippen molar-refractivity contribution in [2.75, 3.05) is 18.4 Å². The number of fused-ring (bicyclic) bond motifs is 2. The van der Waals surface area contributed by atoms with Gasteiger partial charge < -0.3 is 15.6 Å². The number of carbonyl (C=O) groups is 1. The van der Waals surface area contributed by atoms with Gasteiger partial charge in [-0.25, -0.2) is 4.98 Å². The molecule has 1 amide bonds. The molecule has 0 unspecified atom stereocenters. The van der Waals surface area contributed by atoms with Crippen molar-refractivity contribution >= 4 is 44.9 Å². The summed E-state index contributed by atoms with van der Waals surface area (Å²) in [4.78, 5) is 31.0. The highest BCUT2D eigenvalue weighted by molar-refractivity contribution is 7.13. The number of nitrogens with zero attached hydrogens (tertiary/aromatic N) is 4. The van der Waals surface area contributed by atoms with Crippen LogP contribution in [0.4, 0.5) is 5.69 Å². The summed E-state index contributed by atoms with van der Waals surface area (Å²) >= 11 is 1.69. The summed E-state index contributed by atoms with van der Waals surface area (Å²) in [6, 6.07) is 12.1. The molecule has 1 saturated heterocycles. The molecule has 6 aromatic rings. The van der Waals surface area contributed by atoms with Crippen molar-refractivity contribution in [1.29, 1.82) is 0 Å². The molecule has 7 rings (SSSR count). The van der Waals surface area contributed by atoms with Crippen LogP contribution in [0.5, 0.6) is 0 Å². The first kappa shape index (κ1) is 23.7. The van der Waals surface area contributed by atoms with Crippen LogP contribution in [-0.2, 0) is 4.79 Å². The normalized spacial score (nSPS) is 14.3. The van der Waals surface area contributed by atoms with Gasteiger partial charge in [-0.3, -0.25) is 19.9 Å². The molecule has 0 atom stereocenters. The van der Waals surface area contributed by atoms with Gasteiger partial charge in [0.25, 0.3) is 0 Å². The van der Waals surface area contributed by atoms with Crippen LogP contribution in [0, 0.1) is 5.92 Å². The van der Waals surface area contributed by atoms with Gasteiger partial charge in [-0.2, -0.15) is 5.10 Å². The van der Waals surface area contributed by atoms with Gasteiger partial charge in [0.1, 0.15) is 11.2 Å². The lowest BCUT2D eigenvalue weighted by Crippen LogP contribution is -2.30. The first-order chi connectivity index (χ1) is 19.2. The number of hydrogen-bond donors (Lipinski definition) is 4. The van der Waals surface area contributed by atoms with Gasteiger partial charge in [0, 0.05) is 40.2 Å². The van der Waals surface area contributed by atoms with Crippen molar-refractivity contribution in [3.63, 3.8) is 0 Å². The van der Waals surface area contributed by atoms with Crippen molar-refractivity contribution < 1.29 is 4.79 Å². The number of nitrogens with one attached hydrogen (secondary N) is 4. The molecule has 1 aliphatic rings. The van der Waals surface area contributed by atoms with Crippen LogP contribution in [0.15, 0.2) is 66.6 Å². The first-order valence-electron chi connectivity index (χ1n) is 13.0. The Morgan fingerprint density at radius 1 is 1.03 bits per heavy atom. The molecule has 39 heavy (non-hydrogen) atoms. The average molecular weight is 535 g/mol. The average Bonchev–Trinajstić information content (AvgIpc) is 3.73. The fourth-order valence-electron chi connectivity index (χ4n) is 5.26. The quantitative estimate of drug-likeness (QED) is 0.220. The zero-order valence-electron chi connectivity index (χ0n) is 21.1. The predicted molar refractivity (Wildman–Crippen MR) is 154 cm³/mol. The van der Waals surface area contributed by atoms with E-state index in [0.29, 0.717) is 18.0 Å². The van der Waals surface area contributed by atoms with Crippen LogP contribution in [0.3, 0.4) is 0 Å². The largest absolute Gasteiger partial charge is 0.352 e. The Bertz CT molecular complexity index is 1780. The van der Waals surface area contributed by atoms with E-state index in [2.05, 4.69) is 53.3 Å². The Kier molecular flexibility index (Phi) is 6.10. The van der Waals surface area contributed by atoms with Crippen LogP contribution in [0.2, 0.25) is 0 Å². The van der Waals surface area contributed by atoms with Crippen LogP contribution >= 0.6 is 11.3 Å². The minimum atomic E-state index is 0.0246. The second-order valence-corrected chi connectivity index (χ2v) is 10.8. The van der Waals surface area contributed by atoms with E-state index in [1.54, 1.807) is 23.7 Å². The van der Waals surface area contributed by atoms with Crippen molar-refractivity contribution in [2.24, 2.45) is 5.92 Å². The predicted octanol–water partition coefficient (Wildman–Crippen LogP) is 5.62. The number of carbonyl (C=O) groups excluding carboxylic acids is 1. The summed E-state index contributed by atoms with van der Waals surface area (Å²) in [5.41, 5.74) is 7.47. The van der Waals surface area contributed by atoms with E-state index in [0.717, 1.165) is 76.1 Å². The number of H-pyrrole nitrogens is 2. The van der Waals surface area contributed by atoms with Gasteiger partial charge in [-0.15, -0.1) is 11.3 Å². The highest BCUT2D eigenvalue weighted by atomic mass is 32.1. The standard InChI is InChI=1S/C29H26N8OS/c38-27(10-17-5-7-30-8-6-17)33-19-11-18(13-31-14-19)22-3-4-23-28(35-22)29(37-36-23)24-12-20-21(26-2-1-9-39-26)15-32-16-25(20)34-24/h1-4,9,11-17,30,34H,5-8,10H2,(H,33,38)(H,36,37). The number of hydrogen-bond acceptors (Lipinski definition) is 7. The zero-order chi connectivity index (χ0) is 26.2. The van der Waals surface area contributed by atoms with Gasteiger partial charge in [-0.1, -0.05) is 6.07 Å². The van der Waals surface area contributed by atoms with Crippen molar-refractivity contribution in [3.8, 4) is 33.1 Å². The number of amides is 1. The molecule has 0 spiro atoms. The number of anilines is 1. The molecule has 1 aliphatic heterocycles. The number of aromatic amines is 2. The second-order valence-electron chi connectivity index (χ2n) is 9.88. The summed E-state index contributed by atoms with van der Waals surface area (Å²) in [7, 11) is 0. The molecular formula is C29H26N8OS. The Hall–Kier alpha value is -4.41. The fraction of sp³-hybridized carbons (Fsp3) is 0.207. The van der Waals surface area contributed by atoms with Gasteiger partial charge in [0.2, 0.25) is 5.91 Å². The molecule has 1 fully saturated rings. The third-order valence-corrected chi connectivity index (χ3v) is 8.15. The third kappa shape index (κ3) is 4.68. The second kappa shape index (κ2) is 10.0. The first-order valence-corrected chi connectivity index (χ1v) is 13.9. The molecule has 0 saturated carbocycles. The highest BCUT2D eigenvalue weighted by Crippen LogP contribution is 2.35. The smallest absolute Gasteiger partial charge is 0.224 e. The summed E-state index contributed by atoms with van der Waals surface area (Å²) in [6.07, 6.45) is 9.77. The Balaban J connectivity index is 1.19. The Morgan fingerprint density at radius 2 is 1.92 bits per heavy atom. The van der Waals surface area contributed by atoms with E-state index in [1.165, 1.54) is 4.88 Å². The summed E-state index contributed by atoms with van der Waals surface area (Å²) < 4.78 is 0. The molecular weight excluding hydrogens is 508 g/mol. The van der Waals surface area contributed by atoms with E-state index < -0.39 is 0 Å². The number of rotatable bonds is 6. The third-order valence-electron chi connectivity index (χ3n) is 7.25. The molecule has 4 N–H and O–H groups in total. The van der Waals surface area contributed by atoms with E-state index in [4.69, 9.17) is 4.98 Å². The summed E-state index contributed by atoms with van der Waals surface area (Å²) in [5, 5.41) is 17.2. The van der Waals surface area contributed by atoms with Gasteiger partial charge >= 0.3 is 0 Å². The topological polar surface area (TPSA) is 124 Å². The number of piperidine rings is 1. The molecule has 0 radical (unpaired) electrons. The Morgan fingerprint density at radius 3 is 2.79 bits per heavy atom. The summed E-state index contributed by atoms with van der Waals surface area (Å²) in [6.45, 7) is 1.95. The van der Waals surface area contributed by atoms with Gasteiger partial charge in [0.05, 0.1) is 40.5 Å². The molecule has 0 bridgehead atoms. The lowest BCUT2D eigenvalue weighted by Gasteiger charge is -2.21. The molecule has 7 heterocycles. The highest BCUT2D eigenvalue weighted by Gasteiger charge is 2.18. The maximum absolute atomic E-state index is 12.6. The summed E-state index contributed by atoms with van der Waals surface area (Å²) in [5.74, 6) is 0.449. The van der Waals surface area contributed by atoms with E-state index in [1.807, 2.05) is 36.7 Å². The van der Waals surface area contributed by atoms with Crippen molar-refractivity contribution in [3.05, 3.63) is 66.6 Å². The van der Waals surface area contributed by atoms with E-state index in [9.17, 15) is 4.79 Å². The molecule has 194 valence electrons. The molecule has 10 heteroatoms. The molecule has 0 aliphatic carbocycles. The molecule has 0 aromatic carbocycles. The van der Waals surface area contributed by atoms with Gasteiger partial charge in [0.15, 0.2) is 0 Å². The number of pyridine rings is 3. The van der Waals surface area contributed by atoms with E-state index in [-0.39, 0.29) is 5.91 Å². The lowest BCUT2D eigenvalue weighted by atomic mass is 9.94. The Labute approximate surface area is 228 Å². The monoisotopic (exact) mass is 534 g/mol. The number of aromatic nitrogens is 6.